The Hall–Kier alpha value is -0.300. The van der Waals surface area contributed by atoms with E-state index in [4.69, 9.17) is 0 Å². The molecule has 2 aromatic rings. The minimum atomic E-state index is -4.15. The van der Waals surface area contributed by atoms with Crippen LogP contribution in [-0.4, -0.2) is 0 Å². The fourth-order valence-electron chi connectivity index (χ4n) is 1.96. The highest BCUT2D eigenvalue weighted by molar-refractivity contribution is 7.38. The zero-order valence-electron chi connectivity index (χ0n) is 9.93. The molecular formula is C13H14F3IS. The first-order chi connectivity index (χ1) is 8.04. The highest BCUT2D eigenvalue weighted by atomic mass is 127. The molecule has 0 saturated carbocycles. The molecule has 0 aliphatic heterocycles. The number of thiophene rings is 1. The fourth-order valence-corrected chi connectivity index (χ4v) is 3.96. The molecule has 2 rings (SSSR count). The van der Waals surface area contributed by atoms with Crippen molar-refractivity contribution in [2.75, 3.05) is 0 Å². The van der Waals surface area contributed by atoms with E-state index >= 15 is 0 Å². The van der Waals surface area contributed by atoms with Crippen LogP contribution in [-0.2, 0) is 11.9 Å². The van der Waals surface area contributed by atoms with Crippen molar-refractivity contribution in [1.29, 1.82) is 0 Å². The molecular weight excluding hydrogens is 372 g/mol. The predicted molar refractivity (Wildman–Crippen MR) is 66.3 cm³/mol. The summed E-state index contributed by atoms with van der Waals surface area (Å²) in [5.41, 5.74) is -4.15. The van der Waals surface area contributed by atoms with Crippen LogP contribution < -0.4 is 24.0 Å². The van der Waals surface area contributed by atoms with Gasteiger partial charge >= 0.3 is 5.51 Å². The third-order valence-electron chi connectivity index (χ3n) is 2.73. The van der Waals surface area contributed by atoms with Crippen LogP contribution in [0.2, 0.25) is 0 Å². The number of fused-ring (bicyclic) bond motifs is 1. The predicted octanol–water partition coefficient (Wildman–Crippen LogP) is 2.41. The molecule has 0 spiro atoms. The first-order valence-corrected chi connectivity index (χ1v) is 6.87. The average molecular weight is 386 g/mol. The monoisotopic (exact) mass is 386 g/mol. The molecule has 1 unspecified atom stereocenters. The van der Waals surface area contributed by atoms with Crippen LogP contribution in [0.4, 0.5) is 13.2 Å². The zero-order chi connectivity index (χ0) is 12.5. The van der Waals surface area contributed by atoms with Crippen molar-refractivity contribution < 1.29 is 37.1 Å². The largest absolute Gasteiger partial charge is 1.00 e. The van der Waals surface area contributed by atoms with Gasteiger partial charge in [-0.3, -0.25) is 0 Å². The number of hydrogen-bond donors (Lipinski definition) is 0. The highest BCUT2D eigenvalue weighted by Crippen LogP contribution is 2.51. The Balaban J connectivity index is 0.00000162. The van der Waals surface area contributed by atoms with Crippen molar-refractivity contribution in [3.63, 3.8) is 0 Å². The van der Waals surface area contributed by atoms with E-state index in [0.717, 1.165) is 18.2 Å². The van der Waals surface area contributed by atoms with Crippen molar-refractivity contribution in [2.45, 2.75) is 31.7 Å². The second-order valence-corrected chi connectivity index (χ2v) is 6.04. The van der Waals surface area contributed by atoms with Gasteiger partial charge in [-0.1, -0.05) is 25.5 Å². The number of aryl methyl sites for hydroxylation is 1. The van der Waals surface area contributed by atoms with E-state index in [0.29, 0.717) is 16.0 Å². The minimum Gasteiger partial charge on any atom is -1.00 e. The van der Waals surface area contributed by atoms with Gasteiger partial charge in [0.25, 0.3) is 0 Å². The molecule has 1 aromatic carbocycles. The molecule has 0 N–H and O–H groups in total. The molecule has 100 valence electrons. The Bertz CT molecular complexity index is 516. The van der Waals surface area contributed by atoms with Gasteiger partial charge in [0, 0.05) is 17.9 Å². The van der Waals surface area contributed by atoms with Gasteiger partial charge in [0.15, 0.2) is 9.58 Å². The van der Waals surface area contributed by atoms with Gasteiger partial charge in [-0.2, -0.15) is 0 Å². The number of benzene rings is 1. The first-order valence-electron chi connectivity index (χ1n) is 5.64. The number of rotatable bonds is 3. The molecule has 0 aliphatic rings. The third kappa shape index (κ3) is 3.17. The van der Waals surface area contributed by atoms with Gasteiger partial charge in [0.05, 0.1) is 10.5 Å². The van der Waals surface area contributed by atoms with Gasteiger partial charge in [-0.25, -0.2) is 0 Å². The minimum absolute atomic E-state index is 0. The number of unbranched alkanes of at least 4 members (excludes halogenated alkanes) is 1. The Morgan fingerprint density at radius 1 is 1.17 bits per heavy atom. The van der Waals surface area contributed by atoms with Gasteiger partial charge in [0.1, 0.15) is 0 Å². The highest BCUT2D eigenvalue weighted by Gasteiger charge is 2.47. The van der Waals surface area contributed by atoms with Gasteiger partial charge in [0.2, 0.25) is 0 Å². The van der Waals surface area contributed by atoms with Crippen LogP contribution in [0.15, 0.2) is 30.3 Å². The topological polar surface area (TPSA) is 0 Å². The summed E-state index contributed by atoms with van der Waals surface area (Å²) in [6, 6.07) is 8.56. The molecule has 0 amide bonds. The molecule has 0 radical (unpaired) electrons. The van der Waals surface area contributed by atoms with Crippen molar-refractivity contribution >= 4 is 20.6 Å². The summed E-state index contributed by atoms with van der Waals surface area (Å²) in [7, 11) is -1.70. The van der Waals surface area contributed by atoms with Crippen molar-refractivity contribution in [1.82, 2.24) is 0 Å². The van der Waals surface area contributed by atoms with Crippen LogP contribution in [0, 0.1) is 0 Å². The molecule has 0 aliphatic carbocycles. The van der Waals surface area contributed by atoms with Crippen molar-refractivity contribution in [3.8, 4) is 0 Å². The summed E-state index contributed by atoms with van der Waals surface area (Å²) in [4.78, 5) is 0.542. The molecule has 1 aromatic heterocycles. The SMILES string of the molecule is CCCCc1cc2ccccc2[s+]1C(F)(F)F.[I-]. The van der Waals surface area contributed by atoms with Crippen molar-refractivity contribution in [2.24, 2.45) is 0 Å². The second kappa shape index (κ2) is 6.23. The van der Waals surface area contributed by atoms with Crippen LogP contribution >= 0.6 is 10.5 Å². The maximum absolute atomic E-state index is 13.1. The smallest absolute Gasteiger partial charge is 0.600 e. The second-order valence-electron chi connectivity index (χ2n) is 4.00. The molecule has 0 fully saturated rings. The summed E-state index contributed by atoms with van der Waals surface area (Å²) >= 11 is 0. The van der Waals surface area contributed by atoms with Gasteiger partial charge < -0.3 is 24.0 Å². The Labute approximate surface area is 124 Å². The van der Waals surface area contributed by atoms with E-state index in [9.17, 15) is 13.2 Å². The first kappa shape index (κ1) is 15.8. The molecule has 1 heterocycles. The van der Waals surface area contributed by atoms with Crippen LogP contribution in [0.5, 0.6) is 0 Å². The maximum atomic E-state index is 13.1. The molecule has 0 bridgehead atoms. The molecule has 0 saturated heterocycles. The lowest BCUT2D eigenvalue weighted by Gasteiger charge is -1.99. The molecule has 1 atom stereocenters. The Kier molecular flexibility index (Phi) is 5.46. The lowest BCUT2D eigenvalue weighted by atomic mass is 10.2. The van der Waals surface area contributed by atoms with Gasteiger partial charge in [-0.15, -0.1) is 13.2 Å². The fraction of sp³-hybridized carbons (Fsp3) is 0.385. The lowest BCUT2D eigenvalue weighted by molar-refractivity contribution is -0.0867. The van der Waals surface area contributed by atoms with E-state index in [1.165, 1.54) is 0 Å². The van der Waals surface area contributed by atoms with Gasteiger partial charge in [-0.05, 0) is 18.6 Å². The van der Waals surface area contributed by atoms with Crippen molar-refractivity contribution in [3.05, 3.63) is 35.2 Å². The molecule has 18 heavy (non-hydrogen) atoms. The summed E-state index contributed by atoms with van der Waals surface area (Å²) < 4.78 is 39.7. The van der Waals surface area contributed by atoms with E-state index in [-0.39, 0.29) is 24.0 Å². The normalized spacial score (nSPS) is 12.6. The summed E-state index contributed by atoms with van der Waals surface area (Å²) in [5.74, 6) is 0. The standard InChI is InChI=1S/C13H14F3S.HI/c1-2-3-7-11-9-10-6-4-5-8-12(10)17(11)13(14,15)16;/h4-6,8-9H,2-3,7H2,1H3;1H/q+1;/p-1. The van der Waals surface area contributed by atoms with E-state index in [1.54, 1.807) is 30.3 Å². The Morgan fingerprint density at radius 2 is 1.83 bits per heavy atom. The van der Waals surface area contributed by atoms with E-state index in [2.05, 4.69) is 0 Å². The van der Waals surface area contributed by atoms with E-state index in [1.807, 2.05) is 6.92 Å². The molecule has 5 heteroatoms. The number of halogens is 4. The van der Waals surface area contributed by atoms with E-state index < -0.39 is 16.0 Å². The van der Waals surface area contributed by atoms with Crippen LogP contribution in [0.3, 0.4) is 0 Å². The number of alkyl halides is 3. The summed E-state index contributed by atoms with van der Waals surface area (Å²) in [6.45, 7) is 1.99. The third-order valence-corrected chi connectivity index (χ3v) is 4.85. The zero-order valence-corrected chi connectivity index (χ0v) is 12.9. The maximum Gasteiger partial charge on any atom is 0.600 e. The summed E-state index contributed by atoms with van der Waals surface area (Å²) in [5, 5.41) is 0.735. The summed E-state index contributed by atoms with van der Waals surface area (Å²) in [6.07, 6.45) is 2.29. The lowest BCUT2D eigenvalue weighted by Crippen LogP contribution is -3.00. The number of hydrogen-bond acceptors (Lipinski definition) is 0. The quantitative estimate of drug-likeness (QED) is 0.562. The van der Waals surface area contributed by atoms with Crippen LogP contribution in [0.1, 0.15) is 24.6 Å². The average Bonchev–Trinajstić information content (AvgIpc) is 2.63. The van der Waals surface area contributed by atoms with Crippen LogP contribution in [0.25, 0.3) is 10.1 Å². The Morgan fingerprint density at radius 3 is 2.44 bits per heavy atom. The molecule has 0 nitrogen and oxygen atoms in total.